The van der Waals surface area contributed by atoms with Gasteiger partial charge in [0.1, 0.15) is 0 Å². The largest absolute Gasteiger partial charge is 0.315 e. The summed E-state index contributed by atoms with van der Waals surface area (Å²) < 4.78 is 0. The summed E-state index contributed by atoms with van der Waals surface area (Å²) in [6.45, 7) is 11.9. The number of nitrogens with zero attached hydrogens (tertiary/aromatic N) is 1. The number of nitrogens with one attached hydrogen (secondary N) is 1. The summed E-state index contributed by atoms with van der Waals surface area (Å²) in [7, 11) is 0. The summed E-state index contributed by atoms with van der Waals surface area (Å²) in [4.78, 5) is 2.64. The van der Waals surface area contributed by atoms with Crippen molar-refractivity contribution in [2.24, 2.45) is 5.92 Å². The third kappa shape index (κ3) is 8.62. The minimum Gasteiger partial charge on any atom is -0.315 e. The van der Waals surface area contributed by atoms with Crippen LogP contribution in [0.1, 0.15) is 59.3 Å². The van der Waals surface area contributed by atoms with Crippen LogP contribution in [0.25, 0.3) is 0 Å². The van der Waals surface area contributed by atoms with Crippen molar-refractivity contribution in [3.63, 3.8) is 0 Å². The molecular formula is C15H32N2. The highest BCUT2D eigenvalue weighted by Crippen LogP contribution is 2.29. The van der Waals surface area contributed by atoms with Crippen molar-refractivity contribution in [3.8, 4) is 0 Å². The molecule has 1 fully saturated rings. The van der Waals surface area contributed by atoms with Crippen LogP contribution in [0.5, 0.6) is 0 Å². The molecule has 17 heavy (non-hydrogen) atoms. The molecule has 1 aliphatic carbocycles. The summed E-state index contributed by atoms with van der Waals surface area (Å²) >= 11 is 0. The number of unbranched alkanes of at least 4 members (excludes halogenated alkanes) is 3. The van der Waals surface area contributed by atoms with Crippen LogP contribution in [0.4, 0.5) is 0 Å². The van der Waals surface area contributed by atoms with E-state index in [0.29, 0.717) is 6.04 Å². The van der Waals surface area contributed by atoms with Crippen molar-refractivity contribution < 1.29 is 0 Å². The average molecular weight is 240 g/mol. The van der Waals surface area contributed by atoms with Crippen molar-refractivity contribution in [3.05, 3.63) is 0 Å². The molecule has 0 bridgehead atoms. The van der Waals surface area contributed by atoms with Gasteiger partial charge in [-0.05, 0) is 51.2 Å². The molecule has 1 aliphatic rings. The molecule has 0 amide bonds. The number of hydrogen-bond donors (Lipinski definition) is 1. The molecule has 0 atom stereocenters. The van der Waals surface area contributed by atoms with Crippen molar-refractivity contribution in [1.29, 1.82) is 0 Å². The Balaban J connectivity index is 1.84. The third-order valence-electron chi connectivity index (χ3n) is 3.61. The Morgan fingerprint density at radius 2 is 1.82 bits per heavy atom. The quantitative estimate of drug-likeness (QED) is 0.558. The van der Waals surface area contributed by atoms with Gasteiger partial charge in [-0.25, -0.2) is 0 Å². The van der Waals surface area contributed by atoms with E-state index in [2.05, 4.69) is 31.0 Å². The molecule has 0 aliphatic heterocycles. The molecule has 102 valence electrons. The minimum atomic E-state index is 0.643. The predicted octanol–water partition coefficient (Wildman–Crippen LogP) is 3.28. The van der Waals surface area contributed by atoms with E-state index in [4.69, 9.17) is 0 Å². The van der Waals surface area contributed by atoms with E-state index in [1.165, 1.54) is 64.7 Å². The topological polar surface area (TPSA) is 15.3 Å². The van der Waals surface area contributed by atoms with Gasteiger partial charge in [0, 0.05) is 12.6 Å². The highest BCUT2D eigenvalue weighted by Gasteiger charge is 2.23. The maximum Gasteiger partial charge on any atom is 0.00103 e. The normalized spacial score (nSPS) is 16.1. The molecule has 2 nitrogen and oxygen atoms in total. The monoisotopic (exact) mass is 240 g/mol. The maximum absolute atomic E-state index is 3.48. The maximum atomic E-state index is 3.48. The Morgan fingerprint density at radius 1 is 1.12 bits per heavy atom. The summed E-state index contributed by atoms with van der Waals surface area (Å²) in [6.07, 6.45) is 8.49. The second-order valence-corrected chi connectivity index (χ2v) is 5.86. The van der Waals surface area contributed by atoms with Gasteiger partial charge in [-0.2, -0.15) is 0 Å². The molecule has 0 aromatic carbocycles. The zero-order valence-electron chi connectivity index (χ0n) is 12.2. The smallest absolute Gasteiger partial charge is 0.00103 e. The molecule has 0 aromatic rings. The molecule has 1 rings (SSSR count). The Bertz CT molecular complexity index is 176. The van der Waals surface area contributed by atoms with E-state index >= 15 is 0 Å². The highest BCUT2D eigenvalue weighted by molar-refractivity contribution is 4.76. The van der Waals surface area contributed by atoms with Crippen molar-refractivity contribution in [1.82, 2.24) is 10.2 Å². The zero-order valence-corrected chi connectivity index (χ0v) is 12.2. The molecule has 2 heteroatoms. The minimum absolute atomic E-state index is 0.643. The Hall–Kier alpha value is -0.0800. The van der Waals surface area contributed by atoms with Gasteiger partial charge in [0.05, 0.1) is 0 Å². The third-order valence-corrected chi connectivity index (χ3v) is 3.61. The first kappa shape index (κ1) is 15.0. The first-order valence-corrected chi connectivity index (χ1v) is 7.68. The lowest BCUT2D eigenvalue weighted by Crippen LogP contribution is -2.27. The molecule has 1 saturated carbocycles. The van der Waals surface area contributed by atoms with Crippen LogP contribution in [0, 0.1) is 5.92 Å². The van der Waals surface area contributed by atoms with Gasteiger partial charge in [-0.15, -0.1) is 0 Å². The molecule has 1 N–H and O–H groups in total. The highest BCUT2D eigenvalue weighted by atomic mass is 15.1. The van der Waals surface area contributed by atoms with Gasteiger partial charge in [0.25, 0.3) is 0 Å². The lowest BCUT2D eigenvalue weighted by molar-refractivity contribution is 0.269. The fourth-order valence-electron chi connectivity index (χ4n) is 2.25. The van der Waals surface area contributed by atoms with E-state index in [9.17, 15) is 0 Å². The van der Waals surface area contributed by atoms with E-state index in [1.54, 1.807) is 0 Å². The first-order valence-electron chi connectivity index (χ1n) is 7.68. The second-order valence-electron chi connectivity index (χ2n) is 5.86. The molecule has 0 saturated heterocycles. The second kappa shape index (κ2) is 8.93. The fourth-order valence-corrected chi connectivity index (χ4v) is 2.25. The van der Waals surface area contributed by atoms with Gasteiger partial charge in [0.15, 0.2) is 0 Å². The van der Waals surface area contributed by atoms with Gasteiger partial charge in [-0.3, -0.25) is 0 Å². The molecule has 0 spiro atoms. The van der Waals surface area contributed by atoms with Crippen LogP contribution >= 0.6 is 0 Å². The average Bonchev–Trinajstić information content (AvgIpc) is 3.09. The van der Waals surface area contributed by atoms with Crippen LogP contribution in [-0.4, -0.2) is 37.1 Å². The van der Waals surface area contributed by atoms with Crippen molar-refractivity contribution >= 4 is 0 Å². The van der Waals surface area contributed by atoms with Gasteiger partial charge in [0.2, 0.25) is 0 Å². The van der Waals surface area contributed by atoms with Crippen LogP contribution < -0.4 is 5.32 Å². The molecule has 0 unspecified atom stereocenters. The van der Waals surface area contributed by atoms with E-state index in [0.717, 1.165) is 5.92 Å². The molecule has 0 radical (unpaired) electrons. The van der Waals surface area contributed by atoms with Crippen LogP contribution in [0.3, 0.4) is 0 Å². The van der Waals surface area contributed by atoms with Crippen LogP contribution in [-0.2, 0) is 0 Å². The number of hydrogen-bond acceptors (Lipinski definition) is 2. The standard InChI is InChI=1S/C15H32N2/c1-4-17(13-15-9-10-15)12-8-6-5-7-11-16-14(2)3/h14-16H,4-13H2,1-3H3. The Labute approximate surface area is 108 Å². The van der Waals surface area contributed by atoms with Gasteiger partial charge >= 0.3 is 0 Å². The summed E-state index contributed by atoms with van der Waals surface area (Å²) in [5.41, 5.74) is 0. The molecule has 0 aromatic heterocycles. The zero-order chi connectivity index (χ0) is 12.5. The molecule has 0 heterocycles. The van der Waals surface area contributed by atoms with Crippen LogP contribution in [0.15, 0.2) is 0 Å². The van der Waals surface area contributed by atoms with Gasteiger partial charge < -0.3 is 10.2 Å². The Kier molecular flexibility index (Phi) is 7.87. The predicted molar refractivity (Wildman–Crippen MR) is 76.4 cm³/mol. The lowest BCUT2D eigenvalue weighted by atomic mass is 10.2. The van der Waals surface area contributed by atoms with Crippen molar-refractivity contribution in [2.45, 2.75) is 65.3 Å². The fraction of sp³-hybridized carbons (Fsp3) is 1.00. The Morgan fingerprint density at radius 3 is 2.41 bits per heavy atom. The first-order chi connectivity index (χ1) is 8.22. The van der Waals surface area contributed by atoms with Crippen molar-refractivity contribution in [2.75, 3.05) is 26.2 Å². The van der Waals surface area contributed by atoms with E-state index < -0.39 is 0 Å². The summed E-state index contributed by atoms with van der Waals surface area (Å²) in [5.74, 6) is 1.05. The SMILES string of the molecule is CCN(CCCCCCNC(C)C)CC1CC1. The van der Waals surface area contributed by atoms with E-state index in [1.807, 2.05) is 0 Å². The van der Waals surface area contributed by atoms with E-state index in [-0.39, 0.29) is 0 Å². The lowest BCUT2D eigenvalue weighted by Gasteiger charge is -2.19. The summed E-state index contributed by atoms with van der Waals surface area (Å²) in [5, 5.41) is 3.48. The molecular weight excluding hydrogens is 208 g/mol. The summed E-state index contributed by atoms with van der Waals surface area (Å²) in [6, 6.07) is 0.643. The van der Waals surface area contributed by atoms with Gasteiger partial charge in [-0.1, -0.05) is 33.6 Å². The van der Waals surface area contributed by atoms with Crippen LogP contribution in [0.2, 0.25) is 0 Å². The number of rotatable bonds is 11.